The van der Waals surface area contributed by atoms with Crippen LogP contribution in [0.1, 0.15) is 11.3 Å². The maximum Gasteiger partial charge on any atom is 0.270 e. The Balaban J connectivity index is 1.69. The lowest BCUT2D eigenvalue weighted by Gasteiger charge is -2.00. The van der Waals surface area contributed by atoms with E-state index in [0.717, 1.165) is 11.1 Å². The van der Waals surface area contributed by atoms with Gasteiger partial charge in [-0.15, -0.1) is 5.10 Å². The number of hydrogen-bond donors (Lipinski definition) is 1. The van der Waals surface area contributed by atoms with Gasteiger partial charge in [0, 0.05) is 16.7 Å². The number of rotatable bonds is 4. The van der Waals surface area contributed by atoms with E-state index in [4.69, 9.17) is 16.0 Å². The Morgan fingerprint density at radius 1 is 1.33 bits per heavy atom. The van der Waals surface area contributed by atoms with Crippen LogP contribution in [-0.2, 0) is 11.8 Å². The molecule has 0 atom stereocenters. The van der Waals surface area contributed by atoms with Crippen LogP contribution in [0.5, 0.6) is 0 Å². The molecule has 0 spiro atoms. The molecule has 3 rings (SSSR count). The summed E-state index contributed by atoms with van der Waals surface area (Å²) in [4.78, 5) is 13.0. The van der Waals surface area contributed by atoms with Crippen LogP contribution in [0.2, 0.25) is 5.02 Å². The van der Waals surface area contributed by atoms with Gasteiger partial charge in [-0.25, -0.2) is 0 Å². The number of carbonyl (C=O) groups excluding carboxylic acids is 1. The second-order valence-electron chi connectivity index (χ2n) is 5.09. The fourth-order valence-electron chi connectivity index (χ4n) is 1.99. The molecule has 1 amide bonds. The van der Waals surface area contributed by atoms with Crippen molar-refractivity contribution in [3.63, 3.8) is 0 Å². The van der Waals surface area contributed by atoms with Gasteiger partial charge in [-0.3, -0.25) is 10.1 Å². The minimum Gasteiger partial charge on any atom is -0.457 e. The molecule has 24 heavy (non-hydrogen) atoms. The molecule has 0 unspecified atom stereocenters. The Morgan fingerprint density at radius 2 is 2.17 bits per heavy atom. The van der Waals surface area contributed by atoms with Gasteiger partial charge in [0.15, 0.2) is 0 Å². The number of amides is 1. The number of nitrogens with zero attached hydrogens (tertiary/aromatic N) is 4. The van der Waals surface area contributed by atoms with Gasteiger partial charge < -0.3 is 4.42 Å². The summed E-state index contributed by atoms with van der Waals surface area (Å²) in [5.41, 5.74) is 1.87. The number of aromatic nitrogens is 4. The predicted octanol–water partition coefficient (Wildman–Crippen LogP) is 3.08. The number of furan rings is 1. The standard InChI is InChI=1S/C16H14ClN5O2/c1-10-3-4-11(9-13(10)17)14-7-5-12(24-14)6-8-15(23)18-16-19-21-22(2)20-16/h3-9H,1-2H3,(H,18,20,23). The van der Waals surface area contributed by atoms with Crippen LogP contribution in [0.25, 0.3) is 17.4 Å². The number of nitrogens with one attached hydrogen (secondary N) is 1. The van der Waals surface area contributed by atoms with E-state index in [1.165, 1.54) is 10.9 Å². The van der Waals surface area contributed by atoms with Crippen molar-refractivity contribution in [1.82, 2.24) is 20.2 Å². The first kappa shape index (κ1) is 15.9. The van der Waals surface area contributed by atoms with Crippen LogP contribution >= 0.6 is 11.6 Å². The summed E-state index contributed by atoms with van der Waals surface area (Å²) in [6.45, 7) is 1.94. The average Bonchev–Trinajstić information content (AvgIpc) is 3.17. The van der Waals surface area contributed by atoms with Crippen LogP contribution < -0.4 is 5.32 Å². The van der Waals surface area contributed by atoms with Crippen molar-refractivity contribution in [3.8, 4) is 11.3 Å². The molecule has 0 radical (unpaired) electrons. The monoisotopic (exact) mass is 343 g/mol. The van der Waals surface area contributed by atoms with E-state index < -0.39 is 0 Å². The average molecular weight is 344 g/mol. The summed E-state index contributed by atoms with van der Waals surface area (Å²) in [5, 5.41) is 14.3. The van der Waals surface area contributed by atoms with Gasteiger partial charge in [0.05, 0.1) is 7.05 Å². The SMILES string of the molecule is Cc1ccc(-c2ccc(C=CC(=O)Nc3nnn(C)n3)o2)cc1Cl. The molecule has 0 bridgehead atoms. The second kappa shape index (κ2) is 6.67. The molecular formula is C16H14ClN5O2. The van der Waals surface area contributed by atoms with Crippen molar-refractivity contribution in [2.45, 2.75) is 6.92 Å². The van der Waals surface area contributed by atoms with Crippen LogP contribution in [0.4, 0.5) is 5.95 Å². The molecule has 1 aromatic carbocycles. The van der Waals surface area contributed by atoms with Gasteiger partial charge in [-0.05, 0) is 42.0 Å². The number of benzene rings is 1. The molecule has 1 N–H and O–H groups in total. The van der Waals surface area contributed by atoms with Gasteiger partial charge in [0.25, 0.3) is 11.9 Å². The highest BCUT2D eigenvalue weighted by molar-refractivity contribution is 6.31. The first-order valence-corrected chi connectivity index (χ1v) is 7.48. The number of carbonyl (C=O) groups is 1. The fourth-order valence-corrected chi connectivity index (χ4v) is 2.17. The second-order valence-corrected chi connectivity index (χ2v) is 5.50. The Kier molecular flexibility index (Phi) is 4.43. The number of halogens is 1. The maximum absolute atomic E-state index is 11.8. The Hall–Kier alpha value is -2.93. The Morgan fingerprint density at radius 3 is 2.88 bits per heavy atom. The van der Waals surface area contributed by atoms with E-state index in [1.807, 2.05) is 31.2 Å². The minimum absolute atomic E-state index is 0.140. The van der Waals surface area contributed by atoms with Crippen LogP contribution in [0, 0.1) is 6.92 Å². The van der Waals surface area contributed by atoms with Crippen molar-refractivity contribution < 1.29 is 9.21 Å². The highest BCUT2D eigenvalue weighted by Gasteiger charge is 2.06. The van der Waals surface area contributed by atoms with Crippen molar-refractivity contribution in [1.29, 1.82) is 0 Å². The molecular weight excluding hydrogens is 330 g/mol. The van der Waals surface area contributed by atoms with Crippen LogP contribution in [-0.4, -0.2) is 26.1 Å². The third-order valence-electron chi connectivity index (χ3n) is 3.23. The maximum atomic E-state index is 11.8. The zero-order valence-electron chi connectivity index (χ0n) is 13.0. The first-order chi connectivity index (χ1) is 11.5. The van der Waals surface area contributed by atoms with E-state index in [9.17, 15) is 4.79 Å². The van der Waals surface area contributed by atoms with E-state index in [-0.39, 0.29) is 11.9 Å². The number of tetrazole rings is 1. The molecule has 0 saturated heterocycles. The lowest BCUT2D eigenvalue weighted by Crippen LogP contribution is -2.09. The van der Waals surface area contributed by atoms with E-state index >= 15 is 0 Å². The summed E-state index contributed by atoms with van der Waals surface area (Å²) in [6, 6.07) is 9.29. The molecule has 2 aromatic heterocycles. The molecule has 0 aliphatic rings. The molecule has 122 valence electrons. The topological polar surface area (TPSA) is 85.8 Å². The Bertz CT molecular complexity index is 913. The van der Waals surface area contributed by atoms with Gasteiger partial charge in [-0.2, -0.15) is 4.80 Å². The first-order valence-electron chi connectivity index (χ1n) is 7.11. The summed E-state index contributed by atoms with van der Waals surface area (Å²) in [6.07, 6.45) is 2.89. The molecule has 2 heterocycles. The molecule has 7 nitrogen and oxygen atoms in total. The molecule has 0 saturated carbocycles. The zero-order chi connectivity index (χ0) is 17.1. The van der Waals surface area contributed by atoms with E-state index in [0.29, 0.717) is 16.5 Å². The van der Waals surface area contributed by atoms with E-state index in [1.54, 1.807) is 19.2 Å². The lowest BCUT2D eigenvalue weighted by atomic mass is 10.1. The largest absolute Gasteiger partial charge is 0.457 e. The third kappa shape index (κ3) is 3.69. The summed E-state index contributed by atoms with van der Waals surface area (Å²) < 4.78 is 5.70. The van der Waals surface area contributed by atoms with Crippen LogP contribution in [0.3, 0.4) is 0 Å². The highest BCUT2D eigenvalue weighted by Crippen LogP contribution is 2.27. The van der Waals surface area contributed by atoms with Crippen molar-refractivity contribution in [2.75, 3.05) is 5.32 Å². The minimum atomic E-state index is -0.376. The van der Waals surface area contributed by atoms with Crippen molar-refractivity contribution in [2.24, 2.45) is 7.05 Å². The zero-order valence-corrected chi connectivity index (χ0v) is 13.8. The van der Waals surface area contributed by atoms with Gasteiger partial charge >= 0.3 is 0 Å². The summed E-state index contributed by atoms with van der Waals surface area (Å²) in [5.74, 6) is 0.984. The normalized spacial score (nSPS) is 11.1. The van der Waals surface area contributed by atoms with Crippen molar-refractivity contribution >= 4 is 29.5 Å². The van der Waals surface area contributed by atoms with Gasteiger partial charge in [-0.1, -0.05) is 28.8 Å². The quantitative estimate of drug-likeness (QED) is 0.736. The number of aryl methyl sites for hydroxylation is 2. The fraction of sp³-hybridized carbons (Fsp3) is 0.125. The molecule has 3 aromatic rings. The Labute approximate surface area is 142 Å². The van der Waals surface area contributed by atoms with Gasteiger partial charge in [0.2, 0.25) is 0 Å². The van der Waals surface area contributed by atoms with Gasteiger partial charge in [0.1, 0.15) is 11.5 Å². The number of anilines is 1. The smallest absolute Gasteiger partial charge is 0.270 e. The van der Waals surface area contributed by atoms with Crippen molar-refractivity contribution in [3.05, 3.63) is 52.8 Å². The summed E-state index contributed by atoms with van der Waals surface area (Å²) >= 11 is 6.12. The number of hydrogen-bond acceptors (Lipinski definition) is 5. The molecule has 0 aliphatic heterocycles. The van der Waals surface area contributed by atoms with E-state index in [2.05, 4.69) is 20.7 Å². The predicted molar refractivity (Wildman–Crippen MR) is 90.4 cm³/mol. The highest BCUT2D eigenvalue weighted by atomic mass is 35.5. The lowest BCUT2D eigenvalue weighted by molar-refractivity contribution is -0.111. The third-order valence-corrected chi connectivity index (χ3v) is 3.63. The molecule has 0 aliphatic carbocycles. The molecule has 0 fully saturated rings. The van der Waals surface area contributed by atoms with Crippen LogP contribution in [0.15, 0.2) is 40.8 Å². The summed E-state index contributed by atoms with van der Waals surface area (Å²) in [7, 11) is 1.61. The molecule has 8 heteroatoms.